The fourth-order valence-electron chi connectivity index (χ4n) is 7.04. The predicted octanol–water partition coefficient (Wildman–Crippen LogP) is 5.76. The first kappa shape index (κ1) is 24.5. The summed E-state index contributed by atoms with van der Waals surface area (Å²) < 4.78 is 26.8. The Balaban J connectivity index is 1.13. The zero-order valence-electron chi connectivity index (χ0n) is 20.2. The Morgan fingerprint density at radius 1 is 1.08 bits per heavy atom. The molecule has 0 atom stereocenters. The van der Waals surface area contributed by atoms with Crippen LogP contribution in [0.4, 0.5) is 14.6 Å². The van der Waals surface area contributed by atoms with Crippen LogP contribution in [0.5, 0.6) is 0 Å². The van der Waals surface area contributed by atoms with Crippen molar-refractivity contribution >= 4 is 40.6 Å². The molecule has 4 fully saturated rings. The molecule has 3 aromatic rings. The number of thiazole rings is 1. The fraction of sp³-hybridized carbons (Fsp3) is 0.462. The Morgan fingerprint density at radius 2 is 1.73 bits per heavy atom. The lowest BCUT2D eigenvalue weighted by atomic mass is 9.48. The number of benzene rings is 1. The van der Waals surface area contributed by atoms with Crippen molar-refractivity contribution in [1.82, 2.24) is 20.5 Å². The molecule has 0 radical (unpaired) electrons. The Bertz CT molecular complexity index is 1370. The van der Waals surface area contributed by atoms with Gasteiger partial charge in [-0.2, -0.15) is 5.10 Å². The van der Waals surface area contributed by atoms with Gasteiger partial charge in [0.05, 0.1) is 27.8 Å². The van der Waals surface area contributed by atoms with Gasteiger partial charge in [0.15, 0.2) is 17.3 Å². The van der Waals surface area contributed by atoms with Crippen molar-refractivity contribution in [2.45, 2.75) is 57.4 Å². The van der Waals surface area contributed by atoms with E-state index < -0.39 is 23.4 Å². The smallest absolute Gasteiger partial charge is 0.272 e. The summed E-state index contributed by atoms with van der Waals surface area (Å²) in [6.45, 7) is 2.38. The second-order valence-electron chi connectivity index (χ2n) is 10.8. The van der Waals surface area contributed by atoms with Crippen LogP contribution in [0, 0.1) is 36.3 Å². The lowest BCUT2D eigenvalue weighted by molar-refractivity contribution is -0.00739. The minimum atomic E-state index is -1.19. The number of aryl methyl sites for hydroxylation is 1. The largest absolute Gasteiger partial charge is 0.346 e. The second-order valence-corrected chi connectivity index (χ2v) is 12.4. The lowest BCUT2D eigenvalue weighted by Gasteiger charge is -2.56. The van der Waals surface area contributed by atoms with E-state index >= 15 is 0 Å². The second kappa shape index (κ2) is 9.16. The summed E-state index contributed by atoms with van der Waals surface area (Å²) in [7, 11) is 0. The van der Waals surface area contributed by atoms with E-state index in [4.69, 9.17) is 16.6 Å². The maximum atomic E-state index is 13.5. The molecule has 7 nitrogen and oxygen atoms in total. The van der Waals surface area contributed by atoms with Crippen LogP contribution >= 0.6 is 22.9 Å². The monoisotopic (exact) mass is 545 g/mol. The molecule has 2 aromatic heterocycles. The summed E-state index contributed by atoms with van der Waals surface area (Å²) in [4.78, 5) is 31.4. The van der Waals surface area contributed by atoms with E-state index in [0.29, 0.717) is 6.54 Å². The highest BCUT2D eigenvalue weighted by Crippen LogP contribution is 2.61. The van der Waals surface area contributed by atoms with E-state index in [0.717, 1.165) is 39.8 Å². The van der Waals surface area contributed by atoms with Crippen LogP contribution in [0.15, 0.2) is 18.2 Å². The molecular formula is C26H26ClF2N5O2S. The summed E-state index contributed by atoms with van der Waals surface area (Å²) in [5, 5.41) is 12.7. The van der Waals surface area contributed by atoms with Gasteiger partial charge in [-0.25, -0.2) is 13.8 Å². The van der Waals surface area contributed by atoms with Crippen molar-refractivity contribution in [3.8, 4) is 0 Å². The Kier molecular flexibility index (Phi) is 6.06. The third-order valence-corrected chi connectivity index (χ3v) is 9.35. The molecule has 4 saturated carbocycles. The third kappa shape index (κ3) is 4.54. The van der Waals surface area contributed by atoms with Crippen LogP contribution in [0.25, 0.3) is 0 Å². The molecule has 1 aromatic carbocycles. The highest BCUT2D eigenvalue weighted by atomic mass is 35.5. The number of aromatic amines is 1. The Morgan fingerprint density at radius 3 is 2.41 bits per heavy atom. The van der Waals surface area contributed by atoms with Gasteiger partial charge in [0, 0.05) is 16.4 Å². The zero-order chi connectivity index (χ0) is 25.9. The summed E-state index contributed by atoms with van der Waals surface area (Å²) in [6, 6.07) is 2.82. The van der Waals surface area contributed by atoms with Gasteiger partial charge in [0.25, 0.3) is 11.8 Å². The minimum Gasteiger partial charge on any atom is -0.346 e. The number of amides is 2. The molecule has 4 aliphatic rings. The number of rotatable bonds is 6. The van der Waals surface area contributed by atoms with Crippen LogP contribution in [0.3, 0.4) is 0 Å². The fourth-order valence-corrected chi connectivity index (χ4v) is 8.28. The number of nitrogens with zero attached hydrogens (tertiary/aromatic N) is 2. The number of hydrogen-bond acceptors (Lipinski definition) is 5. The third-order valence-electron chi connectivity index (χ3n) is 8.07. The van der Waals surface area contributed by atoms with Crippen molar-refractivity contribution in [3.63, 3.8) is 0 Å². The molecule has 0 saturated heterocycles. The lowest BCUT2D eigenvalue weighted by Crippen LogP contribution is -2.49. The van der Waals surface area contributed by atoms with Crippen molar-refractivity contribution in [3.05, 3.63) is 61.7 Å². The van der Waals surface area contributed by atoms with E-state index in [-0.39, 0.29) is 27.5 Å². The highest BCUT2D eigenvalue weighted by Gasteiger charge is 2.53. The van der Waals surface area contributed by atoms with Gasteiger partial charge in [-0.3, -0.25) is 14.7 Å². The quantitative estimate of drug-likeness (QED) is 0.343. The van der Waals surface area contributed by atoms with Gasteiger partial charge >= 0.3 is 0 Å². The van der Waals surface area contributed by atoms with Crippen molar-refractivity contribution in [2.24, 2.45) is 17.8 Å². The number of carbonyl (C=O) groups is 2. The van der Waals surface area contributed by atoms with Crippen LogP contribution in [0.1, 0.15) is 75.0 Å². The summed E-state index contributed by atoms with van der Waals surface area (Å²) >= 11 is 7.50. The number of halogens is 3. The summed E-state index contributed by atoms with van der Waals surface area (Å²) in [5.41, 5.74) is 1.17. The van der Waals surface area contributed by atoms with Crippen molar-refractivity contribution in [2.75, 3.05) is 5.32 Å². The van der Waals surface area contributed by atoms with Gasteiger partial charge in [-0.15, -0.1) is 11.3 Å². The molecular weight excluding hydrogens is 520 g/mol. The summed E-state index contributed by atoms with van der Waals surface area (Å²) in [5.74, 6) is -0.974. The van der Waals surface area contributed by atoms with Crippen LogP contribution < -0.4 is 10.6 Å². The van der Waals surface area contributed by atoms with E-state index in [9.17, 15) is 18.4 Å². The van der Waals surface area contributed by atoms with Gasteiger partial charge < -0.3 is 10.6 Å². The van der Waals surface area contributed by atoms with Crippen LogP contribution in [0.2, 0.25) is 5.02 Å². The molecule has 0 unspecified atom stereocenters. The SMILES string of the molecule is Cc1nc(C23CC4CC(CC(C4)C2)C3)c(CNC(=O)c2cc(NC(=O)c3cc(F)c(F)cc3Cl)[nH]n2)s1. The molecule has 4 bridgehead atoms. The normalized spacial score (nSPS) is 25.9. The Labute approximate surface area is 221 Å². The van der Waals surface area contributed by atoms with E-state index in [2.05, 4.69) is 20.8 Å². The first-order valence-corrected chi connectivity index (χ1v) is 13.6. The first-order chi connectivity index (χ1) is 17.7. The maximum Gasteiger partial charge on any atom is 0.272 e. The standard InChI is InChI=1S/C26H26ClF2N5O2S/c1-12-31-23(26-8-13-2-14(9-26)4-15(3-13)10-26)21(37-12)11-30-25(36)20-7-22(34-33-20)32-24(35)16-5-18(28)19(29)6-17(16)27/h5-7,13-15H,2-4,8-11H2,1H3,(H,30,36)(H2,32,33,34,35). The molecule has 4 aliphatic carbocycles. The molecule has 0 spiro atoms. The maximum absolute atomic E-state index is 13.5. The number of H-pyrrole nitrogens is 1. The van der Waals surface area contributed by atoms with Gasteiger partial charge in [0.2, 0.25) is 0 Å². The Hall–Kier alpha value is -2.85. The minimum absolute atomic E-state index is 0.0873. The molecule has 11 heteroatoms. The topological polar surface area (TPSA) is 99.8 Å². The summed E-state index contributed by atoms with van der Waals surface area (Å²) in [6.07, 6.45) is 7.67. The van der Waals surface area contributed by atoms with Gasteiger partial charge in [-0.1, -0.05) is 11.6 Å². The number of nitrogens with one attached hydrogen (secondary N) is 3. The molecule has 2 amide bonds. The average Bonchev–Trinajstić information content (AvgIpc) is 3.45. The average molecular weight is 546 g/mol. The molecule has 3 N–H and O–H groups in total. The van der Waals surface area contributed by atoms with Crippen LogP contribution in [-0.4, -0.2) is 27.0 Å². The molecule has 2 heterocycles. The predicted molar refractivity (Wildman–Crippen MR) is 136 cm³/mol. The van der Waals surface area contributed by atoms with E-state index in [1.165, 1.54) is 50.3 Å². The number of aromatic nitrogens is 3. The van der Waals surface area contributed by atoms with E-state index in [1.807, 2.05) is 6.92 Å². The van der Waals surface area contributed by atoms with Crippen molar-refractivity contribution < 1.29 is 18.4 Å². The van der Waals surface area contributed by atoms with E-state index in [1.54, 1.807) is 11.3 Å². The highest BCUT2D eigenvalue weighted by molar-refractivity contribution is 7.11. The number of hydrogen-bond donors (Lipinski definition) is 3. The van der Waals surface area contributed by atoms with Gasteiger partial charge in [-0.05, 0) is 75.3 Å². The molecule has 37 heavy (non-hydrogen) atoms. The van der Waals surface area contributed by atoms with Crippen molar-refractivity contribution in [1.29, 1.82) is 0 Å². The first-order valence-electron chi connectivity index (χ1n) is 12.5. The molecule has 194 valence electrons. The van der Waals surface area contributed by atoms with Gasteiger partial charge in [0.1, 0.15) is 5.82 Å². The number of carbonyl (C=O) groups excluding carboxylic acids is 2. The zero-order valence-corrected chi connectivity index (χ0v) is 21.7. The number of anilines is 1. The molecule has 7 rings (SSSR count). The molecule has 0 aliphatic heterocycles. The van der Waals surface area contributed by atoms with Crippen LogP contribution in [-0.2, 0) is 12.0 Å².